The van der Waals surface area contributed by atoms with Crippen molar-refractivity contribution in [2.45, 2.75) is 32.3 Å². The van der Waals surface area contributed by atoms with Gasteiger partial charge >= 0.3 is 6.61 Å². The number of rotatable bonds is 6. The number of anilines is 3. The Morgan fingerprint density at radius 1 is 0.969 bits per heavy atom. The number of ether oxygens (including phenoxy) is 1. The second-order valence-corrected chi connectivity index (χ2v) is 8.34. The van der Waals surface area contributed by atoms with Crippen LogP contribution in [-0.2, 0) is 0 Å². The molecule has 0 unspecified atom stereocenters. The van der Waals surface area contributed by atoms with Crippen LogP contribution in [0, 0.1) is 11.2 Å². The van der Waals surface area contributed by atoms with Crippen molar-refractivity contribution in [3.8, 4) is 16.9 Å². The van der Waals surface area contributed by atoms with Crippen LogP contribution in [-0.4, -0.2) is 34.9 Å². The average molecular weight is 441 g/mol. The molecule has 0 amide bonds. The largest absolute Gasteiger partial charge is 0.435 e. The van der Waals surface area contributed by atoms with E-state index in [0.717, 1.165) is 37.3 Å². The van der Waals surface area contributed by atoms with E-state index in [0.29, 0.717) is 16.8 Å². The van der Waals surface area contributed by atoms with Gasteiger partial charge in [-0.15, -0.1) is 5.10 Å². The Kier molecular flexibility index (Phi) is 5.32. The van der Waals surface area contributed by atoms with Crippen molar-refractivity contribution in [3.05, 3.63) is 54.5 Å². The second-order valence-electron chi connectivity index (χ2n) is 8.34. The molecule has 9 heteroatoms. The molecule has 32 heavy (non-hydrogen) atoms. The molecule has 1 aromatic carbocycles. The summed E-state index contributed by atoms with van der Waals surface area (Å²) in [7, 11) is 0. The van der Waals surface area contributed by atoms with Crippen LogP contribution in [0.2, 0.25) is 0 Å². The van der Waals surface area contributed by atoms with Gasteiger partial charge in [0.2, 0.25) is 0 Å². The highest BCUT2D eigenvalue weighted by atomic mass is 19.3. The lowest BCUT2D eigenvalue weighted by Gasteiger charge is -2.33. The number of hydrogen-bond acceptors (Lipinski definition) is 6. The molecule has 1 aliphatic heterocycles. The van der Waals surface area contributed by atoms with Crippen LogP contribution in [0.15, 0.2) is 48.7 Å². The Morgan fingerprint density at radius 3 is 2.41 bits per heavy atom. The maximum atomic E-state index is 14.5. The van der Waals surface area contributed by atoms with Crippen LogP contribution >= 0.6 is 0 Å². The zero-order chi connectivity index (χ0) is 22.1. The molecule has 1 saturated heterocycles. The molecule has 3 heterocycles. The number of alkyl halides is 2. The van der Waals surface area contributed by atoms with Gasteiger partial charge in [0, 0.05) is 18.7 Å². The number of nitrogens with one attached hydrogen (secondary N) is 1. The molecule has 1 aliphatic carbocycles. The van der Waals surface area contributed by atoms with Gasteiger partial charge in [0.05, 0.1) is 6.20 Å². The molecule has 0 atom stereocenters. The summed E-state index contributed by atoms with van der Waals surface area (Å²) in [6, 6.07) is 11.0. The first-order valence-electron chi connectivity index (χ1n) is 10.6. The van der Waals surface area contributed by atoms with Crippen molar-refractivity contribution in [2.24, 2.45) is 5.41 Å². The zero-order valence-electron chi connectivity index (χ0n) is 17.3. The molecule has 166 valence electrons. The van der Waals surface area contributed by atoms with Gasteiger partial charge in [-0.3, -0.25) is 0 Å². The standard InChI is InChI=1S/C23H22F3N5O/c24-18-5-6-20(31-11-9-23(7-8-23)10-12-31)29-21(18)28-19-13-16(14-27-30-19)15-1-3-17(4-2-15)32-22(25)26/h1-6,13-14,22H,7-12H2,(H,28,29,30). The maximum Gasteiger partial charge on any atom is 0.387 e. The van der Waals surface area contributed by atoms with Crippen molar-refractivity contribution in [1.29, 1.82) is 0 Å². The van der Waals surface area contributed by atoms with Crippen LogP contribution in [0.25, 0.3) is 11.1 Å². The fraction of sp³-hybridized carbons (Fsp3) is 0.348. The lowest BCUT2D eigenvalue weighted by atomic mass is 9.94. The topological polar surface area (TPSA) is 63.2 Å². The van der Waals surface area contributed by atoms with Gasteiger partial charge in [0.1, 0.15) is 11.6 Å². The minimum atomic E-state index is -2.88. The van der Waals surface area contributed by atoms with E-state index < -0.39 is 12.4 Å². The molecular weight excluding hydrogens is 419 g/mol. The lowest BCUT2D eigenvalue weighted by molar-refractivity contribution is -0.0498. The first-order valence-corrected chi connectivity index (χ1v) is 10.6. The first-order chi connectivity index (χ1) is 15.5. The SMILES string of the molecule is Fc1ccc(N2CCC3(CC2)CC3)nc1Nc1cc(-c2ccc(OC(F)F)cc2)cnn1. The third-order valence-corrected chi connectivity index (χ3v) is 6.25. The van der Waals surface area contributed by atoms with Gasteiger partial charge in [-0.05, 0) is 67.0 Å². The van der Waals surface area contributed by atoms with Gasteiger partial charge in [0.15, 0.2) is 17.5 Å². The molecule has 1 N–H and O–H groups in total. The van der Waals surface area contributed by atoms with E-state index in [4.69, 9.17) is 0 Å². The van der Waals surface area contributed by atoms with E-state index in [9.17, 15) is 13.2 Å². The molecule has 2 aliphatic rings. The quantitative estimate of drug-likeness (QED) is 0.552. The molecule has 5 rings (SSSR count). The van der Waals surface area contributed by atoms with Crippen LogP contribution < -0.4 is 15.0 Å². The number of aromatic nitrogens is 3. The minimum Gasteiger partial charge on any atom is -0.435 e. The summed E-state index contributed by atoms with van der Waals surface area (Å²) in [4.78, 5) is 6.68. The number of hydrogen-bond donors (Lipinski definition) is 1. The van der Waals surface area contributed by atoms with Crippen molar-refractivity contribution in [3.63, 3.8) is 0 Å². The smallest absolute Gasteiger partial charge is 0.387 e. The zero-order valence-corrected chi connectivity index (χ0v) is 17.3. The fourth-order valence-electron chi connectivity index (χ4n) is 4.12. The van der Waals surface area contributed by atoms with Crippen LogP contribution in [0.3, 0.4) is 0 Å². The third-order valence-electron chi connectivity index (χ3n) is 6.25. The summed E-state index contributed by atoms with van der Waals surface area (Å²) in [5.74, 6) is 0.738. The number of nitrogens with zero attached hydrogens (tertiary/aromatic N) is 4. The van der Waals surface area contributed by atoms with Crippen LogP contribution in [0.1, 0.15) is 25.7 Å². The molecule has 2 aromatic heterocycles. The average Bonchev–Trinajstić information content (AvgIpc) is 3.55. The molecular formula is C23H22F3N5O. The second kappa shape index (κ2) is 8.29. The monoisotopic (exact) mass is 441 g/mol. The van der Waals surface area contributed by atoms with Gasteiger partial charge in [0.25, 0.3) is 0 Å². The van der Waals surface area contributed by atoms with E-state index in [2.05, 4.69) is 30.1 Å². The number of halogens is 3. The highest BCUT2D eigenvalue weighted by molar-refractivity contribution is 5.68. The van der Waals surface area contributed by atoms with Gasteiger partial charge in [-0.1, -0.05) is 12.1 Å². The summed E-state index contributed by atoms with van der Waals surface area (Å²) >= 11 is 0. The molecule has 0 radical (unpaired) electrons. The molecule has 6 nitrogen and oxygen atoms in total. The van der Waals surface area contributed by atoms with Gasteiger partial charge in [-0.2, -0.15) is 13.9 Å². The first kappa shape index (κ1) is 20.5. The Labute approximate surface area is 183 Å². The Balaban J connectivity index is 1.32. The number of piperidine rings is 1. The van der Waals surface area contributed by atoms with Crippen LogP contribution in [0.5, 0.6) is 5.75 Å². The van der Waals surface area contributed by atoms with E-state index >= 15 is 0 Å². The van der Waals surface area contributed by atoms with Gasteiger partial charge in [-0.25, -0.2) is 9.37 Å². The van der Waals surface area contributed by atoms with Crippen molar-refractivity contribution >= 4 is 17.5 Å². The highest BCUT2D eigenvalue weighted by Crippen LogP contribution is 2.53. The summed E-state index contributed by atoms with van der Waals surface area (Å²) in [6.07, 6.45) is 6.49. The van der Waals surface area contributed by atoms with E-state index in [-0.39, 0.29) is 11.6 Å². The molecule has 1 spiro atoms. The summed E-state index contributed by atoms with van der Waals surface area (Å²) < 4.78 is 43.5. The van der Waals surface area contributed by atoms with E-state index in [1.807, 2.05) is 0 Å². The highest BCUT2D eigenvalue weighted by Gasteiger charge is 2.44. The summed E-state index contributed by atoms with van der Waals surface area (Å²) in [5, 5.41) is 10.9. The summed E-state index contributed by atoms with van der Waals surface area (Å²) in [6.45, 7) is -1.02. The van der Waals surface area contributed by atoms with Crippen molar-refractivity contribution < 1.29 is 17.9 Å². The van der Waals surface area contributed by atoms with E-state index in [1.165, 1.54) is 37.2 Å². The number of benzene rings is 1. The Morgan fingerprint density at radius 2 is 1.72 bits per heavy atom. The third kappa shape index (κ3) is 4.46. The number of pyridine rings is 1. The molecule has 1 saturated carbocycles. The minimum absolute atomic E-state index is 0.0671. The molecule has 2 fully saturated rings. The molecule has 3 aromatic rings. The van der Waals surface area contributed by atoms with Gasteiger partial charge < -0.3 is 15.0 Å². The predicted octanol–water partition coefficient (Wildman–Crippen LogP) is 5.40. The van der Waals surface area contributed by atoms with E-state index in [1.54, 1.807) is 24.3 Å². The molecule has 0 bridgehead atoms. The summed E-state index contributed by atoms with van der Waals surface area (Å²) in [5.41, 5.74) is 1.97. The van der Waals surface area contributed by atoms with Crippen LogP contribution in [0.4, 0.5) is 30.6 Å². The fourth-order valence-corrected chi connectivity index (χ4v) is 4.12. The lowest BCUT2D eigenvalue weighted by Crippen LogP contribution is -2.35. The Bertz CT molecular complexity index is 1100. The maximum absolute atomic E-state index is 14.5. The normalized spacial score (nSPS) is 16.9. The van der Waals surface area contributed by atoms with Crippen molar-refractivity contribution in [1.82, 2.24) is 15.2 Å². The Hall–Kier alpha value is -3.36. The van der Waals surface area contributed by atoms with Crippen molar-refractivity contribution in [2.75, 3.05) is 23.3 Å². The predicted molar refractivity (Wildman–Crippen MR) is 115 cm³/mol.